The van der Waals surface area contributed by atoms with Crippen molar-refractivity contribution in [1.29, 1.82) is 0 Å². The fourth-order valence-corrected chi connectivity index (χ4v) is 2.61. The second kappa shape index (κ2) is 6.27. The molecule has 2 unspecified atom stereocenters. The molecule has 0 aliphatic carbocycles. The van der Waals surface area contributed by atoms with E-state index in [2.05, 4.69) is 10.5 Å². The van der Waals surface area contributed by atoms with Crippen molar-refractivity contribution in [3.8, 4) is 0 Å². The van der Waals surface area contributed by atoms with Crippen molar-refractivity contribution >= 4 is 5.91 Å². The van der Waals surface area contributed by atoms with E-state index in [1.807, 2.05) is 0 Å². The number of nitrogens with one attached hydrogen (secondary N) is 1. The van der Waals surface area contributed by atoms with Crippen molar-refractivity contribution in [1.82, 2.24) is 10.5 Å². The molecular weight excluding hydrogens is 287 g/mol. The Labute approximate surface area is 127 Å². The Morgan fingerprint density at radius 2 is 2.18 bits per heavy atom. The molecule has 0 radical (unpaired) electrons. The summed E-state index contributed by atoms with van der Waals surface area (Å²) in [6.45, 7) is 2.41. The highest BCUT2D eigenvalue weighted by molar-refractivity contribution is 5.91. The van der Waals surface area contributed by atoms with Gasteiger partial charge in [-0.1, -0.05) is 17.3 Å². The van der Waals surface area contributed by atoms with Crippen LogP contribution < -0.4 is 5.32 Å². The molecule has 1 saturated heterocycles. The van der Waals surface area contributed by atoms with Crippen LogP contribution >= 0.6 is 0 Å². The first-order valence-electron chi connectivity index (χ1n) is 7.25. The van der Waals surface area contributed by atoms with Gasteiger partial charge in [0, 0.05) is 12.7 Å². The van der Waals surface area contributed by atoms with Crippen LogP contribution in [0.3, 0.4) is 0 Å². The Balaban J connectivity index is 1.82. The minimum Gasteiger partial charge on any atom is -0.376 e. The lowest BCUT2D eigenvalue weighted by atomic mass is 9.99. The summed E-state index contributed by atoms with van der Waals surface area (Å²) in [4.78, 5) is 12.3. The zero-order chi connectivity index (χ0) is 15.5. The molecule has 6 heteroatoms. The Kier molecular flexibility index (Phi) is 4.20. The molecule has 1 aromatic carbocycles. The van der Waals surface area contributed by atoms with Crippen molar-refractivity contribution in [3.63, 3.8) is 0 Å². The van der Waals surface area contributed by atoms with Crippen molar-refractivity contribution in [2.45, 2.75) is 31.9 Å². The summed E-state index contributed by atoms with van der Waals surface area (Å²) in [5, 5.41) is 6.61. The molecule has 116 valence electrons. The lowest BCUT2D eigenvalue weighted by Gasteiger charge is -2.24. The Morgan fingerprint density at radius 1 is 1.41 bits per heavy atom. The smallest absolute Gasteiger partial charge is 0.290 e. The zero-order valence-electron chi connectivity index (χ0n) is 12.2. The average molecular weight is 304 g/mol. The van der Waals surface area contributed by atoms with E-state index in [1.165, 1.54) is 12.1 Å². The Morgan fingerprint density at radius 3 is 2.77 bits per heavy atom. The lowest BCUT2D eigenvalue weighted by Crippen LogP contribution is -2.36. The van der Waals surface area contributed by atoms with Crippen LogP contribution in [0.15, 0.2) is 34.9 Å². The van der Waals surface area contributed by atoms with Crippen LogP contribution in [0.4, 0.5) is 4.39 Å². The molecule has 1 amide bonds. The van der Waals surface area contributed by atoms with Gasteiger partial charge < -0.3 is 14.6 Å². The minimum atomic E-state index is -0.356. The molecule has 2 atom stereocenters. The van der Waals surface area contributed by atoms with Gasteiger partial charge >= 0.3 is 0 Å². The van der Waals surface area contributed by atoms with E-state index in [4.69, 9.17) is 9.26 Å². The number of rotatable bonds is 4. The molecule has 1 fully saturated rings. The molecule has 1 aliphatic heterocycles. The number of ether oxygens (including phenoxy) is 1. The SMILES string of the molecule is Cc1cc(C(=O)NC(c2ccc(F)cc2)C2CCCO2)on1. The van der Waals surface area contributed by atoms with Crippen LogP contribution in [-0.4, -0.2) is 23.8 Å². The molecule has 1 N–H and O–H groups in total. The van der Waals surface area contributed by atoms with Gasteiger partial charge in [-0.15, -0.1) is 0 Å². The fraction of sp³-hybridized carbons (Fsp3) is 0.375. The number of aryl methyl sites for hydroxylation is 1. The van der Waals surface area contributed by atoms with Crippen LogP contribution in [0.2, 0.25) is 0 Å². The van der Waals surface area contributed by atoms with E-state index in [-0.39, 0.29) is 29.6 Å². The van der Waals surface area contributed by atoms with E-state index in [0.29, 0.717) is 12.3 Å². The van der Waals surface area contributed by atoms with Gasteiger partial charge in [-0.05, 0) is 37.5 Å². The predicted molar refractivity (Wildman–Crippen MR) is 76.8 cm³/mol. The Bertz CT molecular complexity index is 648. The van der Waals surface area contributed by atoms with E-state index < -0.39 is 0 Å². The van der Waals surface area contributed by atoms with Crippen molar-refractivity contribution < 1.29 is 18.4 Å². The molecule has 2 aromatic rings. The molecule has 0 saturated carbocycles. The van der Waals surface area contributed by atoms with Gasteiger partial charge in [0.1, 0.15) is 5.82 Å². The number of carbonyl (C=O) groups excluding carboxylic acids is 1. The normalized spacial score (nSPS) is 19.1. The number of carbonyl (C=O) groups is 1. The van der Waals surface area contributed by atoms with Crippen LogP contribution in [0, 0.1) is 12.7 Å². The molecule has 0 spiro atoms. The van der Waals surface area contributed by atoms with Gasteiger partial charge in [-0.25, -0.2) is 4.39 Å². The molecular formula is C16H17FN2O3. The predicted octanol–water partition coefficient (Wildman–Crippen LogP) is 2.77. The third-order valence-electron chi connectivity index (χ3n) is 3.70. The van der Waals surface area contributed by atoms with Crippen LogP contribution in [0.1, 0.15) is 40.7 Å². The maximum Gasteiger partial charge on any atom is 0.290 e. The molecule has 1 aromatic heterocycles. The van der Waals surface area contributed by atoms with Gasteiger partial charge in [0.25, 0.3) is 5.91 Å². The molecule has 5 nitrogen and oxygen atoms in total. The van der Waals surface area contributed by atoms with Crippen LogP contribution in [0.25, 0.3) is 0 Å². The summed E-state index contributed by atoms with van der Waals surface area (Å²) in [6, 6.07) is 7.30. The van der Waals surface area contributed by atoms with Crippen LogP contribution in [-0.2, 0) is 4.74 Å². The number of nitrogens with zero attached hydrogens (tertiary/aromatic N) is 1. The number of hydrogen-bond acceptors (Lipinski definition) is 4. The first kappa shape index (κ1) is 14.7. The second-order valence-electron chi connectivity index (χ2n) is 5.39. The maximum atomic E-state index is 13.1. The summed E-state index contributed by atoms with van der Waals surface area (Å²) in [6.07, 6.45) is 1.66. The van der Waals surface area contributed by atoms with E-state index >= 15 is 0 Å². The second-order valence-corrected chi connectivity index (χ2v) is 5.39. The number of hydrogen-bond donors (Lipinski definition) is 1. The third kappa shape index (κ3) is 3.17. The summed E-state index contributed by atoms with van der Waals surface area (Å²) in [5.74, 6) is -0.514. The highest BCUT2D eigenvalue weighted by atomic mass is 19.1. The van der Waals surface area contributed by atoms with Gasteiger partial charge in [0.05, 0.1) is 17.8 Å². The topological polar surface area (TPSA) is 64.4 Å². The Hall–Kier alpha value is -2.21. The van der Waals surface area contributed by atoms with E-state index in [0.717, 1.165) is 18.4 Å². The van der Waals surface area contributed by atoms with Crippen molar-refractivity contribution in [2.24, 2.45) is 0 Å². The third-order valence-corrected chi connectivity index (χ3v) is 3.70. The first-order chi connectivity index (χ1) is 10.6. The summed E-state index contributed by atoms with van der Waals surface area (Å²) < 4.78 is 23.8. The number of benzene rings is 1. The lowest BCUT2D eigenvalue weighted by molar-refractivity contribution is 0.0653. The van der Waals surface area contributed by atoms with E-state index in [9.17, 15) is 9.18 Å². The summed E-state index contributed by atoms with van der Waals surface area (Å²) in [7, 11) is 0. The first-order valence-corrected chi connectivity index (χ1v) is 7.25. The molecule has 2 heterocycles. The summed E-state index contributed by atoms with van der Waals surface area (Å²) >= 11 is 0. The molecule has 22 heavy (non-hydrogen) atoms. The number of amides is 1. The fourth-order valence-electron chi connectivity index (χ4n) is 2.61. The maximum absolute atomic E-state index is 13.1. The highest BCUT2D eigenvalue weighted by Gasteiger charge is 2.29. The van der Waals surface area contributed by atoms with Gasteiger partial charge in [0.2, 0.25) is 5.76 Å². The van der Waals surface area contributed by atoms with Gasteiger partial charge in [-0.2, -0.15) is 0 Å². The monoisotopic (exact) mass is 304 g/mol. The quantitative estimate of drug-likeness (QED) is 0.943. The van der Waals surface area contributed by atoms with Crippen LogP contribution in [0.5, 0.6) is 0 Å². The molecule has 1 aliphatic rings. The van der Waals surface area contributed by atoms with Crippen molar-refractivity contribution in [3.05, 3.63) is 53.2 Å². The minimum absolute atomic E-state index is 0.126. The summed E-state index contributed by atoms with van der Waals surface area (Å²) in [5.41, 5.74) is 1.44. The van der Waals surface area contributed by atoms with Gasteiger partial charge in [-0.3, -0.25) is 4.79 Å². The molecule has 3 rings (SSSR count). The van der Waals surface area contributed by atoms with Crippen molar-refractivity contribution in [2.75, 3.05) is 6.61 Å². The zero-order valence-corrected chi connectivity index (χ0v) is 12.2. The van der Waals surface area contributed by atoms with E-state index in [1.54, 1.807) is 25.1 Å². The standard InChI is InChI=1S/C16H17FN2O3/c1-10-9-14(22-19-10)16(20)18-15(13-3-2-8-21-13)11-4-6-12(17)7-5-11/h4-7,9,13,15H,2-3,8H2,1H3,(H,18,20). The average Bonchev–Trinajstić information content (AvgIpc) is 3.17. The highest BCUT2D eigenvalue weighted by Crippen LogP contribution is 2.27. The number of aromatic nitrogens is 1. The largest absolute Gasteiger partial charge is 0.376 e. The number of halogens is 1. The van der Waals surface area contributed by atoms with Gasteiger partial charge in [0.15, 0.2) is 0 Å². The molecule has 0 bridgehead atoms.